The molecule has 10 nitrogen and oxygen atoms in total. The molecule has 2 aromatic carbocycles. The maximum atomic E-state index is 11.3. The molecule has 0 saturated carbocycles. The summed E-state index contributed by atoms with van der Waals surface area (Å²) in [7, 11) is 0. The predicted octanol–water partition coefficient (Wildman–Crippen LogP) is 0.597. The average Bonchev–Trinajstić information content (AvgIpc) is 2.69. The SMILES string of the molecule is O=C(O)c1cc2cccc([O-])c2[nH]c1=O.O=C(O)c1cc2cccc([O-])c2[nH]c1=O.[Zn+2]. The van der Waals surface area contributed by atoms with Crippen LogP contribution in [0.5, 0.6) is 11.5 Å². The van der Waals surface area contributed by atoms with Crippen LogP contribution in [0.15, 0.2) is 58.1 Å². The van der Waals surface area contributed by atoms with E-state index in [2.05, 4.69) is 9.97 Å². The Hall–Kier alpha value is -3.98. The second-order valence-corrected chi connectivity index (χ2v) is 6.08. The van der Waals surface area contributed by atoms with E-state index in [1.807, 2.05) is 0 Å². The molecule has 4 rings (SSSR count). The molecule has 0 amide bonds. The summed E-state index contributed by atoms with van der Waals surface area (Å²) in [5, 5.41) is 40.8. The third kappa shape index (κ3) is 4.79. The smallest absolute Gasteiger partial charge is 0.871 e. The molecule has 31 heavy (non-hydrogen) atoms. The molecule has 0 aliphatic rings. The molecule has 152 valence electrons. The molecule has 2 heterocycles. The number of aromatic nitrogens is 2. The summed E-state index contributed by atoms with van der Waals surface area (Å²) in [6.07, 6.45) is 0. The number of benzene rings is 2. The van der Waals surface area contributed by atoms with Gasteiger partial charge in [0.1, 0.15) is 11.1 Å². The van der Waals surface area contributed by atoms with Crippen molar-refractivity contribution in [1.29, 1.82) is 0 Å². The van der Waals surface area contributed by atoms with Gasteiger partial charge in [0.25, 0.3) is 11.1 Å². The Morgan fingerprint density at radius 3 is 1.39 bits per heavy atom. The predicted molar refractivity (Wildman–Crippen MR) is 102 cm³/mol. The molecular formula is C20H12N2O8Zn. The molecule has 0 aliphatic heterocycles. The number of pyridine rings is 2. The van der Waals surface area contributed by atoms with Gasteiger partial charge in [-0.3, -0.25) is 9.59 Å². The van der Waals surface area contributed by atoms with Crippen LogP contribution in [0.1, 0.15) is 20.7 Å². The van der Waals surface area contributed by atoms with E-state index < -0.39 is 23.1 Å². The van der Waals surface area contributed by atoms with E-state index in [-0.39, 0.29) is 53.1 Å². The van der Waals surface area contributed by atoms with Crippen LogP contribution in [-0.2, 0) is 19.5 Å². The van der Waals surface area contributed by atoms with Crippen molar-refractivity contribution in [3.05, 3.63) is 80.4 Å². The van der Waals surface area contributed by atoms with Gasteiger partial charge < -0.3 is 30.4 Å². The summed E-state index contributed by atoms with van der Waals surface area (Å²) >= 11 is 0. The molecule has 0 bridgehead atoms. The van der Waals surface area contributed by atoms with Gasteiger partial charge in [0.15, 0.2) is 0 Å². The summed E-state index contributed by atoms with van der Waals surface area (Å²) in [6, 6.07) is 11.1. The van der Waals surface area contributed by atoms with E-state index in [1.54, 1.807) is 12.1 Å². The zero-order valence-electron chi connectivity index (χ0n) is 15.7. The van der Waals surface area contributed by atoms with Gasteiger partial charge in [-0.2, -0.15) is 0 Å². The zero-order valence-corrected chi connectivity index (χ0v) is 18.6. The van der Waals surface area contributed by atoms with Crippen LogP contribution >= 0.6 is 0 Å². The van der Waals surface area contributed by atoms with Crippen molar-refractivity contribution in [2.45, 2.75) is 0 Å². The Morgan fingerprint density at radius 1 is 0.710 bits per heavy atom. The minimum atomic E-state index is -1.31. The number of fused-ring (bicyclic) bond motifs is 2. The Balaban J connectivity index is 0.000000213. The Kier molecular flexibility index (Phi) is 6.94. The fourth-order valence-electron chi connectivity index (χ4n) is 2.73. The van der Waals surface area contributed by atoms with E-state index in [9.17, 15) is 29.4 Å². The molecule has 2 aromatic heterocycles. The number of nitrogens with one attached hydrogen (secondary N) is 2. The number of aromatic amines is 2. The monoisotopic (exact) mass is 472 g/mol. The van der Waals surface area contributed by atoms with Crippen molar-refractivity contribution in [3.63, 3.8) is 0 Å². The number of hydrogen-bond donors (Lipinski definition) is 4. The number of rotatable bonds is 2. The minimum absolute atomic E-state index is 0. The summed E-state index contributed by atoms with van der Waals surface area (Å²) in [5.41, 5.74) is -2.00. The van der Waals surface area contributed by atoms with Crippen molar-refractivity contribution in [1.82, 2.24) is 9.97 Å². The number of hydrogen-bond acceptors (Lipinski definition) is 6. The Labute approximate surface area is 185 Å². The number of H-pyrrole nitrogens is 2. The van der Waals surface area contributed by atoms with Crippen LogP contribution in [0.4, 0.5) is 0 Å². The first-order valence-corrected chi connectivity index (χ1v) is 8.31. The fraction of sp³-hybridized carbons (Fsp3) is 0. The second-order valence-electron chi connectivity index (χ2n) is 6.08. The van der Waals surface area contributed by atoms with Gasteiger partial charge >= 0.3 is 31.4 Å². The van der Waals surface area contributed by atoms with Crippen molar-refractivity contribution in [3.8, 4) is 11.5 Å². The molecule has 0 spiro atoms. The Morgan fingerprint density at radius 2 is 1.06 bits per heavy atom. The zero-order chi connectivity index (χ0) is 22.0. The summed E-state index contributed by atoms with van der Waals surface area (Å²) in [6.45, 7) is 0. The number of aromatic carboxylic acids is 2. The van der Waals surface area contributed by atoms with Gasteiger partial charge in [0.2, 0.25) is 0 Å². The largest absolute Gasteiger partial charge is 2.00 e. The second kappa shape index (κ2) is 9.23. The van der Waals surface area contributed by atoms with Crippen LogP contribution in [-0.4, -0.2) is 32.1 Å². The molecule has 0 fully saturated rings. The number of carboxylic acids is 2. The van der Waals surface area contributed by atoms with Crippen molar-refractivity contribution in [2.75, 3.05) is 0 Å². The average molecular weight is 474 g/mol. The van der Waals surface area contributed by atoms with Crippen LogP contribution in [0.2, 0.25) is 0 Å². The van der Waals surface area contributed by atoms with Gasteiger partial charge in [-0.15, -0.1) is 0 Å². The third-order valence-electron chi connectivity index (χ3n) is 4.14. The molecule has 0 aliphatic carbocycles. The number of para-hydroxylation sites is 2. The summed E-state index contributed by atoms with van der Waals surface area (Å²) < 4.78 is 0. The van der Waals surface area contributed by atoms with Gasteiger partial charge in [-0.05, 0) is 22.9 Å². The van der Waals surface area contributed by atoms with Gasteiger partial charge in [0.05, 0.1) is 0 Å². The molecule has 0 saturated heterocycles. The van der Waals surface area contributed by atoms with E-state index >= 15 is 0 Å². The van der Waals surface area contributed by atoms with Crippen molar-refractivity contribution in [2.24, 2.45) is 0 Å². The van der Waals surface area contributed by atoms with E-state index in [4.69, 9.17) is 10.2 Å². The van der Waals surface area contributed by atoms with Crippen LogP contribution < -0.4 is 21.3 Å². The van der Waals surface area contributed by atoms with Crippen LogP contribution in [0, 0.1) is 0 Å². The van der Waals surface area contributed by atoms with Crippen LogP contribution in [0.25, 0.3) is 21.8 Å². The molecule has 0 radical (unpaired) electrons. The first-order valence-electron chi connectivity index (χ1n) is 8.31. The van der Waals surface area contributed by atoms with Gasteiger partial charge in [0, 0.05) is 11.0 Å². The minimum Gasteiger partial charge on any atom is -0.871 e. The van der Waals surface area contributed by atoms with Gasteiger partial charge in [-0.25, -0.2) is 9.59 Å². The third-order valence-corrected chi connectivity index (χ3v) is 4.14. The Bertz CT molecular complexity index is 1320. The van der Waals surface area contributed by atoms with Crippen molar-refractivity contribution < 1.29 is 49.5 Å². The van der Waals surface area contributed by atoms with E-state index in [0.29, 0.717) is 10.8 Å². The molecule has 11 heteroatoms. The topological polar surface area (TPSA) is 186 Å². The first kappa shape index (κ1) is 23.3. The fourth-order valence-corrected chi connectivity index (χ4v) is 2.73. The maximum absolute atomic E-state index is 11.3. The van der Waals surface area contributed by atoms with E-state index in [0.717, 1.165) is 0 Å². The molecule has 4 N–H and O–H groups in total. The molecule has 0 unspecified atom stereocenters. The quantitative estimate of drug-likeness (QED) is 0.304. The number of carboxylic acid groups (broad SMARTS) is 2. The molecule has 0 atom stereocenters. The van der Waals surface area contributed by atoms with E-state index in [1.165, 1.54) is 36.4 Å². The number of carbonyl (C=O) groups is 2. The maximum Gasteiger partial charge on any atom is 2.00 e. The normalized spacial score (nSPS) is 10.1. The molecular weight excluding hydrogens is 462 g/mol. The summed E-state index contributed by atoms with van der Waals surface area (Å²) in [4.78, 5) is 48.3. The van der Waals surface area contributed by atoms with Crippen molar-refractivity contribution >= 4 is 33.7 Å². The molecule has 4 aromatic rings. The van der Waals surface area contributed by atoms with Gasteiger partial charge in [-0.1, -0.05) is 47.9 Å². The van der Waals surface area contributed by atoms with Crippen LogP contribution in [0.3, 0.4) is 0 Å². The summed E-state index contributed by atoms with van der Waals surface area (Å²) in [5.74, 6) is -3.29. The first-order chi connectivity index (χ1) is 14.2. The standard InChI is InChI=1S/2C10H7NO4.Zn/c2*12-7-3-1-2-5-4-6(10(14)15)9(13)11-8(5)7;/h2*1-4,12H,(H,11,13)(H,14,15);/q;;+2/p-2.